The zero-order valence-corrected chi connectivity index (χ0v) is 22.6. The third-order valence-electron chi connectivity index (χ3n) is 7.05. The molecule has 35 heavy (non-hydrogen) atoms. The monoisotopic (exact) mass is 515 g/mol. The number of allylic oxidation sites excluding steroid dienone is 1. The molecule has 2 aliphatic heterocycles. The molecule has 0 radical (unpaired) electrons. The average Bonchev–Trinajstić information content (AvgIpc) is 3.01. The van der Waals surface area contributed by atoms with Crippen LogP contribution in [-0.4, -0.2) is 77.0 Å². The topological polar surface area (TPSA) is 36.0 Å². The van der Waals surface area contributed by atoms with Gasteiger partial charge in [-0.2, -0.15) is 0 Å². The van der Waals surface area contributed by atoms with Gasteiger partial charge < -0.3 is 9.64 Å². The van der Waals surface area contributed by atoms with Gasteiger partial charge in [0.1, 0.15) is 0 Å². The predicted molar refractivity (Wildman–Crippen MR) is 150 cm³/mol. The van der Waals surface area contributed by atoms with Gasteiger partial charge in [0, 0.05) is 71.5 Å². The molecule has 0 N–H and O–H groups in total. The Bertz CT molecular complexity index is 1110. The van der Waals surface area contributed by atoms with E-state index in [4.69, 9.17) is 16.3 Å². The lowest BCUT2D eigenvalue weighted by Crippen LogP contribution is -2.48. The van der Waals surface area contributed by atoms with Crippen LogP contribution in [0.2, 0.25) is 5.02 Å². The summed E-state index contributed by atoms with van der Waals surface area (Å²) < 4.78 is 22.0. The van der Waals surface area contributed by atoms with Crippen molar-refractivity contribution in [2.75, 3.05) is 56.6 Å². The highest BCUT2D eigenvalue weighted by Crippen LogP contribution is 2.33. The average molecular weight is 516 g/mol. The summed E-state index contributed by atoms with van der Waals surface area (Å²) in [6.45, 7) is 10.4. The molecule has 2 heterocycles. The van der Waals surface area contributed by atoms with E-state index < -0.39 is 9.71 Å². The van der Waals surface area contributed by atoms with Crippen molar-refractivity contribution in [2.45, 2.75) is 32.9 Å². The van der Waals surface area contributed by atoms with Gasteiger partial charge in [0.05, 0.1) is 13.2 Å². The van der Waals surface area contributed by atoms with Crippen LogP contribution in [-0.2, 0) is 27.4 Å². The second-order valence-corrected chi connectivity index (χ2v) is 12.5. The minimum atomic E-state index is -2.52. The van der Waals surface area contributed by atoms with Crippen LogP contribution in [0.1, 0.15) is 25.0 Å². The Hall–Kier alpha value is -1.83. The lowest BCUT2D eigenvalue weighted by atomic mass is 10.1. The number of hydrogen-bond acceptors (Lipinski definition) is 4. The van der Waals surface area contributed by atoms with Gasteiger partial charge >= 0.3 is 0 Å². The first kappa shape index (κ1) is 26.2. The number of hydrogen-bond donors (Lipinski definition) is 0. The van der Waals surface area contributed by atoms with Crippen LogP contribution in [0.5, 0.6) is 0 Å². The third kappa shape index (κ3) is 6.89. The van der Waals surface area contributed by atoms with Gasteiger partial charge in [-0.05, 0) is 55.5 Å². The molecule has 0 spiro atoms. The standard InChI is InChI=1S/C28H38ClN3O2S/c1-4-23(2)20-31-22-27(18-24-8-6-5-7-9-24)32(21-25-19-26(29)10-11-28(25)31)35(3,33)17-14-30-12-15-34-16-13-30/h4-11,19,27H,3,12-18,20-22H2,1-2H3/b23-4+/t27-,35?/m1/s1. The van der Waals surface area contributed by atoms with Crippen molar-refractivity contribution in [3.05, 3.63) is 76.3 Å². The number of fused-ring (bicyclic) bond motifs is 1. The van der Waals surface area contributed by atoms with E-state index in [1.54, 1.807) is 0 Å². The van der Waals surface area contributed by atoms with E-state index in [0.29, 0.717) is 17.3 Å². The lowest BCUT2D eigenvalue weighted by Gasteiger charge is -2.36. The lowest BCUT2D eigenvalue weighted by molar-refractivity contribution is 0.0407. The van der Waals surface area contributed by atoms with Crippen molar-refractivity contribution in [1.29, 1.82) is 0 Å². The van der Waals surface area contributed by atoms with Gasteiger partial charge in [-0.15, -0.1) is 0 Å². The molecule has 2 aliphatic rings. The second-order valence-electron chi connectivity index (χ2n) is 9.64. The fourth-order valence-corrected chi connectivity index (χ4v) is 6.96. The Labute approximate surface area is 216 Å². The van der Waals surface area contributed by atoms with Crippen molar-refractivity contribution in [1.82, 2.24) is 9.21 Å². The number of rotatable bonds is 8. The van der Waals surface area contributed by atoms with Crippen molar-refractivity contribution in [3.63, 3.8) is 0 Å². The predicted octanol–water partition coefficient (Wildman–Crippen LogP) is 4.50. The molecule has 190 valence electrons. The summed E-state index contributed by atoms with van der Waals surface area (Å²) >= 11 is 6.45. The highest BCUT2D eigenvalue weighted by Gasteiger charge is 2.33. The Morgan fingerprint density at radius 2 is 1.94 bits per heavy atom. The fraction of sp³-hybridized carbons (Fsp3) is 0.464. The maximum absolute atomic E-state index is 14.3. The molecule has 0 amide bonds. The van der Waals surface area contributed by atoms with Crippen LogP contribution in [0, 0.1) is 0 Å². The van der Waals surface area contributed by atoms with E-state index in [1.165, 1.54) is 16.8 Å². The number of morpholine rings is 1. The zero-order chi connectivity index (χ0) is 24.8. The molecule has 2 aromatic carbocycles. The first-order chi connectivity index (χ1) is 16.9. The zero-order valence-electron chi connectivity index (χ0n) is 21.0. The van der Waals surface area contributed by atoms with Gasteiger partial charge in [-0.1, -0.05) is 53.6 Å². The Balaban J connectivity index is 1.68. The SMILES string of the molecule is C=S(=O)(CCN1CCOCC1)N1Cc2cc(Cl)ccc2N(C/C(C)=C/C)C[C@H]1Cc1ccccc1. The Morgan fingerprint density at radius 3 is 2.66 bits per heavy atom. The molecular weight excluding hydrogens is 478 g/mol. The molecule has 0 aliphatic carbocycles. The van der Waals surface area contributed by atoms with E-state index in [1.807, 2.05) is 18.2 Å². The minimum Gasteiger partial charge on any atom is -0.379 e. The van der Waals surface area contributed by atoms with Crippen LogP contribution in [0.3, 0.4) is 0 Å². The van der Waals surface area contributed by atoms with E-state index in [2.05, 4.69) is 70.2 Å². The number of benzene rings is 2. The summed E-state index contributed by atoms with van der Waals surface area (Å²) in [6, 6.07) is 16.7. The quantitative estimate of drug-likeness (QED) is 0.383. The van der Waals surface area contributed by atoms with Crippen molar-refractivity contribution < 1.29 is 8.95 Å². The molecule has 2 aromatic rings. The maximum atomic E-state index is 14.3. The van der Waals surface area contributed by atoms with Crippen molar-refractivity contribution in [3.8, 4) is 0 Å². The van der Waals surface area contributed by atoms with Crippen LogP contribution in [0.4, 0.5) is 5.69 Å². The number of anilines is 1. The first-order valence-electron chi connectivity index (χ1n) is 12.5. The molecule has 1 unspecified atom stereocenters. The summed E-state index contributed by atoms with van der Waals surface area (Å²) in [6.07, 6.45) is 2.98. The van der Waals surface area contributed by atoms with Crippen molar-refractivity contribution >= 4 is 32.9 Å². The van der Waals surface area contributed by atoms with Gasteiger partial charge in [0.2, 0.25) is 0 Å². The molecule has 5 nitrogen and oxygen atoms in total. The van der Waals surface area contributed by atoms with E-state index in [-0.39, 0.29) is 6.04 Å². The largest absolute Gasteiger partial charge is 0.379 e. The first-order valence-corrected chi connectivity index (χ1v) is 14.7. The van der Waals surface area contributed by atoms with E-state index >= 15 is 0 Å². The third-order valence-corrected chi connectivity index (χ3v) is 9.39. The summed E-state index contributed by atoms with van der Waals surface area (Å²) in [5, 5.41) is 0.705. The van der Waals surface area contributed by atoms with Crippen LogP contribution in [0.25, 0.3) is 0 Å². The maximum Gasteiger partial charge on any atom is 0.0594 e. The Morgan fingerprint density at radius 1 is 1.20 bits per heavy atom. The number of nitrogens with zero attached hydrogens (tertiary/aromatic N) is 3. The van der Waals surface area contributed by atoms with Gasteiger partial charge in [-0.25, -0.2) is 4.31 Å². The minimum absolute atomic E-state index is 0.0583. The molecular formula is C28H38ClN3O2S. The number of ether oxygens (including phenoxy) is 1. The smallest absolute Gasteiger partial charge is 0.0594 e. The molecule has 1 saturated heterocycles. The fourth-order valence-electron chi connectivity index (χ4n) is 4.93. The highest BCUT2D eigenvalue weighted by molar-refractivity contribution is 7.98. The summed E-state index contributed by atoms with van der Waals surface area (Å²) in [5.41, 5.74) is 4.83. The van der Waals surface area contributed by atoms with E-state index in [9.17, 15) is 4.21 Å². The molecule has 0 saturated carbocycles. The number of halogens is 1. The second kappa shape index (κ2) is 11.9. The molecule has 0 aromatic heterocycles. The molecule has 1 fully saturated rings. The highest BCUT2D eigenvalue weighted by atomic mass is 35.5. The molecule has 7 heteroatoms. The van der Waals surface area contributed by atoms with Gasteiger partial charge in [0.15, 0.2) is 0 Å². The van der Waals surface area contributed by atoms with Crippen molar-refractivity contribution in [2.24, 2.45) is 0 Å². The summed E-state index contributed by atoms with van der Waals surface area (Å²) in [4.78, 5) is 4.76. The van der Waals surface area contributed by atoms with Crippen LogP contribution >= 0.6 is 11.6 Å². The van der Waals surface area contributed by atoms with E-state index in [0.717, 1.165) is 57.9 Å². The molecule has 0 bridgehead atoms. The summed E-state index contributed by atoms with van der Waals surface area (Å²) in [7, 11) is -2.52. The van der Waals surface area contributed by atoms with Crippen LogP contribution in [0.15, 0.2) is 60.2 Å². The van der Waals surface area contributed by atoms with Crippen LogP contribution < -0.4 is 4.90 Å². The Kier molecular flexibility index (Phi) is 8.95. The van der Waals surface area contributed by atoms with Gasteiger partial charge in [-0.3, -0.25) is 9.11 Å². The normalized spacial score (nSPS) is 21.9. The van der Waals surface area contributed by atoms with Gasteiger partial charge in [0.25, 0.3) is 0 Å². The summed E-state index contributed by atoms with van der Waals surface area (Å²) in [5.74, 6) is 4.89. The molecule has 4 rings (SSSR count). The molecule has 2 atom stereocenters.